The zero-order chi connectivity index (χ0) is 8.97. The third-order valence-corrected chi connectivity index (χ3v) is 2.08. The maximum absolute atomic E-state index is 11.0. The van der Waals surface area contributed by atoms with E-state index in [1.54, 1.807) is 12.1 Å². The molecule has 1 aromatic carbocycles. The minimum atomic E-state index is -0.287. The average molecular weight is 219 g/mol. The van der Waals surface area contributed by atoms with Crippen LogP contribution in [0.15, 0.2) is 24.3 Å². The first-order chi connectivity index (χ1) is 5.77. The number of ether oxygens (including phenoxy) is 1. The Morgan fingerprint density at radius 2 is 1.92 bits per heavy atom. The van der Waals surface area contributed by atoms with Gasteiger partial charge in [0.05, 0.1) is 12.7 Å². The van der Waals surface area contributed by atoms with Crippen LogP contribution < -0.4 is 0 Å². The molecule has 1 unspecified atom stereocenters. The van der Waals surface area contributed by atoms with E-state index < -0.39 is 0 Å². The molecule has 0 aromatic heterocycles. The molecule has 0 saturated heterocycles. The van der Waals surface area contributed by atoms with E-state index in [-0.39, 0.29) is 18.4 Å². The van der Waals surface area contributed by atoms with Gasteiger partial charge in [0.15, 0.2) is 0 Å². The van der Waals surface area contributed by atoms with Crippen molar-refractivity contribution in [3.63, 3.8) is 0 Å². The molecular formula is C9H12ClO2P. The van der Waals surface area contributed by atoms with E-state index >= 15 is 0 Å². The van der Waals surface area contributed by atoms with Gasteiger partial charge in [0.25, 0.3) is 0 Å². The van der Waals surface area contributed by atoms with Gasteiger partial charge in [0.1, 0.15) is 0 Å². The Hall–Kier alpha value is -0.590. The predicted octanol–water partition coefficient (Wildman–Crippen LogP) is 2.27. The first kappa shape index (κ1) is 12.4. The number of carbonyl (C=O) groups excluding carboxylic acids is 1. The van der Waals surface area contributed by atoms with Gasteiger partial charge in [-0.25, -0.2) is 4.79 Å². The van der Waals surface area contributed by atoms with Crippen LogP contribution in [0.4, 0.5) is 0 Å². The summed E-state index contributed by atoms with van der Waals surface area (Å²) < 4.78 is 4.57. The normalized spacial score (nSPS) is 8.77. The Morgan fingerprint density at radius 1 is 1.38 bits per heavy atom. The molecule has 0 aliphatic carbocycles. The van der Waals surface area contributed by atoms with Crippen LogP contribution in [-0.4, -0.2) is 13.1 Å². The van der Waals surface area contributed by atoms with E-state index in [2.05, 4.69) is 14.0 Å². The highest BCUT2D eigenvalue weighted by Crippen LogP contribution is 2.08. The Labute approximate surface area is 86.3 Å². The Balaban J connectivity index is 0.00000144. The van der Waals surface area contributed by atoms with E-state index in [9.17, 15) is 4.79 Å². The molecule has 0 saturated carbocycles. The van der Waals surface area contributed by atoms with E-state index in [0.717, 1.165) is 6.16 Å². The first-order valence-electron chi connectivity index (χ1n) is 3.65. The summed E-state index contributed by atoms with van der Waals surface area (Å²) >= 11 is 0. The van der Waals surface area contributed by atoms with Gasteiger partial charge in [0.2, 0.25) is 0 Å². The van der Waals surface area contributed by atoms with Crippen LogP contribution in [0.2, 0.25) is 0 Å². The van der Waals surface area contributed by atoms with Gasteiger partial charge in [0, 0.05) is 0 Å². The standard InChI is InChI=1S/C9H11O2P.ClH/c1-11-9(10)8-4-2-7(6-12)3-5-8;/h2-5H,6,12H2,1H3;1H. The lowest BCUT2D eigenvalue weighted by molar-refractivity contribution is 0.0601. The van der Waals surface area contributed by atoms with Crippen LogP contribution >= 0.6 is 21.6 Å². The van der Waals surface area contributed by atoms with Crippen molar-refractivity contribution in [1.82, 2.24) is 0 Å². The van der Waals surface area contributed by atoms with Gasteiger partial charge in [-0.05, 0) is 23.9 Å². The quantitative estimate of drug-likeness (QED) is 0.562. The van der Waals surface area contributed by atoms with Crippen LogP contribution in [0.5, 0.6) is 0 Å². The summed E-state index contributed by atoms with van der Waals surface area (Å²) in [7, 11) is 4.01. The van der Waals surface area contributed by atoms with Crippen molar-refractivity contribution in [1.29, 1.82) is 0 Å². The zero-order valence-corrected chi connectivity index (χ0v) is 9.29. The summed E-state index contributed by atoms with van der Waals surface area (Å²) in [4.78, 5) is 11.0. The first-order valence-corrected chi connectivity index (χ1v) is 4.47. The van der Waals surface area contributed by atoms with Crippen molar-refractivity contribution >= 4 is 27.6 Å². The Bertz CT molecular complexity index is 271. The predicted molar refractivity (Wildman–Crippen MR) is 58.4 cm³/mol. The van der Waals surface area contributed by atoms with Crippen LogP contribution in [0.25, 0.3) is 0 Å². The second-order valence-corrected chi connectivity index (χ2v) is 2.80. The summed E-state index contributed by atoms with van der Waals surface area (Å²) in [6.45, 7) is 0. The molecular weight excluding hydrogens is 207 g/mol. The van der Waals surface area contributed by atoms with Gasteiger partial charge in [-0.3, -0.25) is 0 Å². The second kappa shape index (κ2) is 5.95. The van der Waals surface area contributed by atoms with Crippen molar-refractivity contribution in [2.45, 2.75) is 6.16 Å². The van der Waals surface area contributed by atoms with E-state index in [0.29, 0.717) is 5.56 Å². The molecule has 1 aromatic rings. The van der Waals surface area contributed by atoms with Crippen LogP contribution in [-0.2, 0) is 10.9 Å². The summed E-state index contributed by atoms with van der Waals surface area (Å²) in [5, 5.41) is 0. The van der Waals surface area contributed by atoms with Gasteiger partial charge in [-0.1, -0.05) is 12.1 Å². The fourth-order valence-electron chi connectivity index (χ4n) is 0.895. The summed E-state index contributed by atoms with van der Waals surface area (Å²) in [5.74, 6) is -0.287. The smallest absolute Gasteiger partial charge is 0.337 e. The molecule has 1 rings (SSSR count). The molecule has 0 heterocycles. The lowest BCUT2D eigenvalue weighted by Gasteiger charge is -1.99. The number of halogens is 1. The third kappa shape index (κ3) is 3.33. The van der Waals surface area contributed by atoms with Gasteiger partial charge >= 0.3 is 5.97 Å². The van der Waals surface area contributed by atoms with Crippen LogP contribution in [0.1, 0.15) is 15.9 Å². The number of hydrogen-bond donors (Lipinski definition) is 0. The molecule has 0 fully saturated rings. The SMILES string of the molecule is COC(=O)c1ccc(CP)cc1.Cl. The highest BCUT2D eigenvalue weighted by molar-refractivity contribution is 7.15. The van der Waals surface area contributed by atoms with Crippen molar-refractivity contribution < 1.29 is 9.53 Å². The molecule has 2 nitrogen and oxygen atoms in total. The summed E-state index contributed by atoms with van der Waals surface area (Å²) in [5.41, 5.74) is 1.78. The number of rotatable bonds is 2. The van der Waals surface area contributed by atoms with E-state index in [4.69, 9.17) is 0 Å². The molecule has 72 valence electrons. The lowest BCUT2D eigenvalue weighted by Crippen LogP contribution is -2.00. The molecule has 0 N–H and O–H groups in total. The highest BCUT2D eigenvalue weighted by Gasteiger charge is 2.02. The van der Waals surface area contributed by atoms with Gasteiger partial charge in [-0.15, -0.1) is 21.6 Å². The molecule has 0 radical (unpaired) electrons. The Kier molecular flexibility index (Phi) is 5.68. The van der Waals surface area contributed by atoms with Gasteiger partial charge in [-0.2, -0.15) is 0 Å². The van der Waals surface area contributed by atoms with E-state index in [1.165, 1.54) is 12.7 Å². The lowest BCUT2D eigenvalue weighted by atomic mass is 10.1. The average Bonchev–Trinajstić information content (AvgIpc) is 2.17. The molecule has 0 aliphatic rings. The largest absolute Gasteiger partial charge is 0.465 e. The van der Waals surface area contributed by atoms with Crippen molar-refractivity contribution in [3.05, 3.63) is 35.4 Å². The van der Waals surface area contributed by atoms with Gasteiger partial charge < -0.3 is 4.74 Å². The van der Waals surface area contributed by atoms with E-state index in [1.807, 2.05) is 12.1 Å². The summed E-state index contributed by atoms with van der Waals surface area (Å²) in [6.07, 6.45) is 0.904. The second-order valence-electron chi connectivity index (χ2n) is 2.39. The fourth-order valence-corrected chi connectivity index (χ4v) is 1.17. The zero-order valence-electron chi connectivity index (χ0n) is 7.32. The molecule has 0 spiro atoms. The summed E-state index contributed by atoms with van der Waals surface area (Å²) in [6, 6.07) is 7.37. The maximum Gasteiger partial charge on any atom is 0.337 e. The fraction of sp³-hybridized carbons (Fsp3) is 0.222. The molecule has 13 heavy (non-hydrogen) atoms. The number of carbonyl (C=O) groups is 1. The van der Waals surface area contributed by atoms with Crippen LogP contribution in [0, 0.1) is 0 Å². The maximum atomic E-state index is 11.0. The van der Waals surface area contributed by atoms with Crippen molar-refractivity contribution in [2.75, 3.05) is 7.11 Å². The molecule has 0 amide bonds. The number of hydrogen-bond acceptors (Lipinski definition) is 2. The molecule has 4 heteroatoms. The Morgan fingerprint density at radius 3 is 2.31 bits per heavy atom. The minimum Gasteiger partial charge on any atom is -0.465 e. The monoisotopic (exact) mass is 218 g/mol. The van der Waals surface area contributed by atoms with Crippen molar-refractivity contribution in [3.8, 4) is 0 Å². The molecule has 0 aliphatic heterocycles. The molecule has 1 atom stereocenters. The van der Waals surface area contributed by atoms with Crippen LogP contribution in [0.3, 0.4) is 0 Å². The third-order valence-electron chi connectivity index (χ3n) is 1.61. The number of benzene rings is 1. The number of esters is 1. The topological polar surface area (TPSA) is 26.3 Å². The number of methoxy groups -OCH3 is 1. The minimum absolute atomic E-state index is 0. The molecule has 0 bridgehead atoms. The highest BCUT2D eigenvalue weighted by atomic mass is 35.5. The van der Waals surface area contributed by atoms with Crippen molar-refractivity contribution in [2.24, 2.45) is 0 Å².